The number of hydrogen-bond donors (Lipinski definition) is 1. The van der Waals surface area contributed by atoms with E-state index in [4.69, 9.17) is 5.73 Å². The Kier molecular flexibility index (Phi) is 3.33. The van der Waals surface area contributed by atoms with Gasteiger partial charge < -0.3 is 10.3 Å². The van der Waals surface area contributed by atoms with E-state index < -0.39 is 18.0 Å². The summed E-state index contributed by atoms with van der Waals surface area (Å²) in [4.78, 5) is 3.21. The van der Waals surface area contributed by atoms with E-state index in [-0.39, 0.29) is 11.8 Å². The number of nitrogens with two attached hydrogens (primary N) is 1. The number of halogens is 3. The van der Waals surface area contributed by atoms with Crippen LogP contribution in [0, 0.1) is 5.92 Å². The van der Waals surface area contributed by atoms with E-state index in [0.29, 0.717) is 6.42 Å². The maximum absolute atomic E-state index is 12.1. The minimum absolute atomic E-state index is 0.170. The number of rotatable bonds is 3. The molecule has 0 fully saturated rings. The predicted octanol–water partition coefficient (Wildman–Crippen LogP) is 2.13. The molecule has 0 bridgehead atoms. The van der Waals surface area contributed by atoms with Gasteiger partial charge in [0.1, 0.15) is 0 Å². The summed E-state index contributed by atoms with van der Waals surface area (Å²) in [7, 11) is 0. The second-order valence-electron chi connectivity index (χ2n) is 3.69. The van der Waals surface area contributed by atoms with Gasteiger partial charge in [-0.2, -0.15) is 18.2 Å². The summed E-state index contributed by atoms with van der Waals surface area (Å²) < 4.78 is 40.8. The number of aromatic nitrogens is 2. The molecule has 0 saturated heterocycles. The van der Waals surface area contributed by atoms with Crippen molar-refractivity contribution in [1.29, 1.82) is 0 Å². The van der Waals surface area contributed by atoms with Crippen LogP contribution in [0.4, 0.5) is 13.2 Å². The van der Waals surface area contributed by atoms with Gasteiger partial charge in [-0.25, -0.2) is 0 Å². The van der Waals surface area contributed by atoms with Gasteiger partial charge in [0.25, 0.3) is 5.82 Å². The Morgan fingerprint density at radius 1 is 1.40 bits per heavy atom. The normalized spacial score (nSPS) is 14.6. The van der Waals surface area contributed by atoms with Gasteiger partial charge in [0.05, 0.1) is 6.04 Å². The fourth-order valence-corrected chi connectivity index (χ4v) is 1.11. The van der Waals surface area contributed by atoms with Crippen molar-refractivity contribution < 1.29 is 17.7 Å². The maximum Gasteiger partial charge on any atom is 0.455 e. The van der Waals surface area contributed by atoms with Crippen LogP contribution < -0.4 is 5.73 Å². The van der Waals surface area contributed by atoms with Crippen LogP contribution in [0.15, 0.2) is 4.52 Å². The van der Waals surface area contributed by atoms with Gasteiger partial charge in [-0.3, -0.25) is 0 Å². The number of nitrogens with zero attached hydrogens (tertiary/aromatic N) is 2. The minimum atomic E-state index is -4.58. The number of alkyl halides is 3. The first-order valence-corrected chi connectivity index (χ1v) is 4.47. The van der Waals surface area contributed by atoms with E-state index >= 15 is 0 Å². The van der Waals surface area contributed by atoms with E-state index in [1.807, 2.05) is 13.8 Å². The molecule has 4 nitrogen and oxygen atoms in total. The van der Waals surface area contributed by atoms with Gasteiger partial charge in [-0.05, 0) is 12.3 Å². The lowest BCUT2D eigenvalue weighted by Crippen LogP contribution is -2.14. The molecule has 0 spiro atoms. The zero-order valence-electron chi connectivity index (χ0n) is 8.38. The van der Waals surface area contributed by atoms with Gasteiger partial charge in [-0.15, -0.1) is 0 Å². The fraction of sp³-hybridized carbons (Fsp3) is 0.750. The molecule has 2 N–H and O–H groups in total. The molecule has 1 atom stereocenters. The molecule has 1 heterocycles. The van der Waals surface area contributed by atoms with Crippen molar-refractivity contribution in [3.63, 3.8) is 0 Å². The molecule has 0 radical (unpaired) electrons. The first-order valence-electron chi connectivity index (χ1n) is 4.47. The SMILES string of the molecule is CC(C)C[C@H](N)c1nc(C(F)(F)F)no1. The highest BCUT2D eigenvalue weighted by molar-refractivity contribution is 4.94. The Balaban J connectivity index is 2.76. The van der Waals surface area contributed by atoms with Crippen LogP contribution >= 0.6 is 0 Å². The molecule has 15 heavy (non-hydrogen) atoms. The molecule has 86 valence electrons. The van der Waals surface area contributed by atoms with Gasteiger partial charge in [0, 0.05) is 0 Å². The topological polar surface area (TPSA) is 64.9 Å². The molecule has 0 aliphatic rings. The lowest BCUT2D eigenvalue weighted by molar-refractivity contribution is -0.146. The monoisotopic (exact) mass is 223 g/mol. The zero-order chi connectivity index (χ0) is 11.6. The van der Waals surface area contributed by atoms with Crippen LogP contribution in [-0.2, 0) is 6.18 Å². The molecule has 1 aromatic heterocycles. The van der Waals surface area contributed by atoms with E-state index in [1.165, 1.54) is 0 Å². The highest BCUT2D eigenvalue weighted by Crippen LogP contribution is 2.27. The summed E-state index contributed by atoms with van der Waals surface area (Å²) in [5.74, 6) is -1.20. The minimum Gasteiger partial charge on any atom is -0.337 e. The molecule has 0 aliphatic heterocycles. The third-order valence-corrected chi connectivity index (χ3v) is 1.74. The van der Waals surface area contributed by atoms with Crippen molar-refractivity contribution >= 4 is 0 Å². The van der Waals surface area contributed by atoms with E-state index in [2.05, 4.69) is 14.7 Å². The smallest absolute Gasteiger partial charge is 0.337 e. The third-order valence-electron chi connectivity index (χ3n) is 1.74. The van der Waals surface area contributed by atoms with Gasteiger partial charge in [0.2, 0.25) is 5.89 Å². The second kappa shape index (κ2) is 4.18. The summed E-state index contributed by atoms with van der Waals surface area (Å²) in [5.41, 5.74) is 5.59. The molecular weight excluding hydrogens is 211 g/mol. The van der Waals surface area contributed by atoms with Crippen molar-refractivity contribution in [2.24, 2.45) is 11.7 Å². The Bertz CT molecular complexity index is 321. The summed E-state index contributed by atoms with van der Waals surface area (Å²) in [6, 6.07) is -0.645. The van der Waals surface area contributed by atoms with Crippen LogP contribution in [0.3, 0.4) is 0 Å². The lowest BCUT2D eigenvalue weighted by atomic mass is 10.0. The highest BCUT2D eigenvalue weighted by Gasteiger charge is 2.37. The number of hydrogen-bond acceptors (Lipinski definition) is 4. The third kappa shape index (κ3) is 3.19. The van der Waals surface area contributed by atoms with Crippen molar-refractivity contribution in [2.45, 2.75) is 32.5 Å². The van der Waals surface area contributed by atoms with Crippen molar-refractivity contribution in [3.8, 4) is 0 Å². The quantitative estimate of drug-likeness (QED) is 0.852. The second-order valence-corrected chi connectivity index (χ2v) is 3.69. The molecule has 0 aliphatic carbocycles. The standard InChI is InChI=1S/C8H12F3N3O/c1-4(2)3-5(12)6-13-7(14-15-6)8(9,10)11/h4-5H,3,12H2,1-2H3/t5-/m0/s1. The zero-order valence-corrected chi connectivity index (χ0v) is 8.38. The largest absolute Gasteiger partial charge is 0.455 e. The lowest BCUT2D eigenvalue weighted by Gasteiger charge is -2.08. The maximum atomic E-state index is 12.1. The Labute approximate surface area is 84.6 Å². The first kappa shape index (κ1) is 12.0. The fourth-order valence-electron chi connectivity index (χ4n) is 1.11. The van der Waals surface area contributed by atoms with E-state index in [9.17, 15) is 13.2 Å². The van der Waals surface area contributed by atoms with Gasteiger partial charge in [-0.1, -0.05) is 19.0 Å². The molecule has 0 aromatic carbocycles. The average Bonchev–Trinajstić information content (AvgIpc) is 2.48. The molecule has 7 heteroatoms. The molecule has 0 amide bonds. The predicted molar refractivity (Wildman–Crippen MR) is 45.7 cm³/mol. The van der Waals surface area contributed by atoms with Gasteiger partial charge >= 0.3 is 6.18 Å². The Morgan fingerprint density at radius 3 is 2.40 bits per heavy atom. The van der Waals surface area contributed by atoms with Crippen molar-refractivity contribution in [2.75, 3.05) is 0 Å². The summed E-state index contributed by atoms with van der Waals surface area (Å²) in [5, 5.41) is 2.82. The summed E-state index contributed by atoms with van der Waals surface area (Å²) in [6.45, 7) is 3.81. The molecule has 0 saturated carbocycles. The van der Waals surface area contributed by atoms with Crippen LogP contribution in [0.2, 0.25) is 0 Å². The average molecular weight is 223 g/mol. The van der Waals surface area contributed by atoms with Crippen LogP contribution in [0.1, 0.15) is 38.0 Å². The first-order chi connectivity index (χ1) is 6.80. The van der Waals surface area contributed by atoms with Crippen molar-refractivity contribution in [1.82, 2.24) is 10.1 Å². The summed E-state index contributed by atoms with van der Waals surface area (Å²) >= 11 is 0. The van der Waals surface area contributed by atoms with Crippen LogP contribution in [-0.4, -0.2) is 10.1 Å². The van der Waals surface area contributed by atoms with E-state index in [1.54, 1.807) is 0 Å². The molecule has 1 rings (SSSR count). The molecule has 0 unspecified atom stereocenters. The Morgan fingerprint density at radius 2 is 2.00 bits per heavy atom. The van der Waals surface area contributed by atoms with Crippen LogP contribution in [0.25, 0.3) is 0 Å². The van der Waals surface area contributed by atoms with Crippen molar-refractivity contribution in [3.05, 3.63) is 11.7 Å². The van der Waals surface area contributed by atoms with E-state index in [0.717, 1.165) is 0 Å². The highest BCUT2D eigenvalue weighted by atomic mass is 19.4. The molecule has 1 aromatic rings. The Hall–Kier alpha value is -1.11. The summed E-state index contributed by atoms with van der Waals surface area (Å²) in [6.07, 6.45) is -4.08. The van der Waals surface area contributed by atoms with Crippen LogP contribution in [0.5, 0.6) is 0 Å². The van der Waals surface area contributed by atoms with Gasteiger partial charge in [0.15, 0.2) is 0 Å². The molecular formula is C8H12F3N3O.